The van der Waals surface area contributed by atoms with Crippen LogP contribution in [0.5, 0.6) is 11.5 Å². The van der Waals surface area contributed by atoms with Crippen LogP contribution in [0.1, 0.15) is 17.0 Å². The first-order valence-corrected chi connectivity index (χ1v) is 9.16. The smallest absolute Gasteiger partial charge is 0.231 e. The summed E-state index contributed by atoms with van der Waals surface area (Å²) in [5.41, 5.74) is 3.17. The van der Waals surface area contributed by atoms with Crippen LogP contribution in [-0.4, -0.2) is 21.9 Å². The van der Waals surface area contributed by atoms with Crippen molar-refractivity contribution in [1.82, 2.24) is 15.1 Å². The number of aryl methyl sites for hydroxylation is 2. The molecule has 0 amide bonds. The van der Waals surface area contributed by atoms with Gasteiger partial charge in [0.1, 0.15) is 11.5 Å². The first kappa shape index (κ1) is 17.3. The highest BCUT2D eigenvalue weighted by molar-refractivity contribution is 5.76. The van der Waals surface area contributed by atoms with E-state index in [-0.39, 0.29) is 6.79 Å². The van der Waals surface area contributed by atoms with Gasteiger partial charge in [-0.2, -0.15) is 0 Å². The number of benzene rings is 1. The fourth-order valence-electron chi connectivity index (χ4n) is 3.12. The molecule has 4 aromatic rings. The first-order valence-electron chi connectivity index (χ1n) is 9.16. The van der Waals surface area contributed by atoms with Crippen molar-refractivity contribution in [3.63, 3.8) is 0 Å². The van der Waals surface area contributed by atoms with E-state index in [9.17, 15) is 0 Å². The molecule has 4 heterocycles. The van der Waals surface area contributed by atoms with E-state index >= 15 is 0 Å². The molecule has 0 saturated carbocycles. The zero-order valence-corrected chi connectivity index (χ0v) is 15.9. The lowest BCUT2D eigenvalue weighted by atomic mass is 10.1. The topological polar surface area (TPSA) is 95.4 Å². The van der Waals surface area contributed by atoms with Crippen molar-refractivity contribution >= 4 is 5.95 Å². The molecule has 0 atom stereocenters. The minimum absolute atomic E-state index is 0.254. The summed E-state index contributed by atoms with van der Waals surface area (Å²) in [6, 6.07) is 11.4. The number of fused-ring (bicyclic) bond motifs is 1. The van der Waals surface area contributed by atoms with Crippen LogP contribution in [0.4, 0.5) is 5.95 Å². The number of ether oxygens (including phenoxy) is 2. The molecule has 8 nitrogen and oxygen atoms in total. The Morgan fingerprint density at radius 2 is 1.90 bits per heavy atom. The van der Waals surface area contributed by atoms with Crippen LogP contribution in [0.15, 0.2) is 51.5 Å². The highest BCUT2D eigenvalue weighted by Crippen LogP contribution is 2.34. The largest absolute Gasteiger partial charge is 0.460 e. The zero-order chi connectivity index (χ0) is 19.8. The number of nitrogens with one attached hydrogen (secondary N) is 1. The Kier molecular flexibility index (Phi) is 4.16. The van der Waals surface area contributed by atoms with Gasteiger partial charge >= 0.3 is 0 Å². The molecule has 0 spiro atoms. The molecule has 0 fully saturated rings. The first-order chi connectivity index (χ1) is 14.2. The van der Waals surface area contributed by atoms with Gasteiger partial charge in [0.15, 0.2) is 23.0 Å². The molecular weight excluding hydrogens is 372 g/mol. The van der Waals surface area contributed by atoms with Crippen molar-refractivity contribution < 1.29 is 18.4 Å². The summed E-state index contributed by atoms with van der Waals surface area (Å²) in [5, 5.41) is 7.21. The van der Waals surface area contributed by atoms with Gasteiger partial charge in [-0.3, -0.25) is 0 Å². The Labute approximate surface area is 166 Å². The third-order valence-electron chi connectivity index (χ3n) is 4.54. The Morgan fingerprint density at radius 3 is 2.69 bits per heavy atom. The lowest BCUT2D eigenvalue weighted by Crippen LogP contribution is -2.05. The quantitative estimate of drug-likeness (QED) is 0.537. The molecule has 29 heavy (non-hydrogen) atoms. The number of rotatable bonds is 5. The number of furan rings is 1. The molecule has 0 radical (unpaired) electrons. The van der Waals surface area contributed by atoms with Gasteiger partial charge in [-0.15, -0.1) is 0 Å². The van der Waals surface area contributed by atoms with Crippen molar-refractivity contribution in [3.05, 3.63) is 59.6 Å². The molecule has 0 bridgehead atoms. The van der Waals surface area contributed by atoms with E-state index in [2.05, 4.69) is 20.4 Å². The maximum absolute atomic E-state index is 5.80. The molecule has 146 valence electrons. The Morgan fingerprint density at radius 1 is 1.00 bits per heavy atom. The number of nitrogens with zero attached hydrogens (tertiary/aromatic N) is 3. The lowest BCUT2D eigenvalue weighted by Gasteiger charge is -2.09. The summed E-state index contributed by atoms with van der Waals surface area (Å²) in [6.07, 6.45) is 1.71. The second-order valence-electron chi connectivity index (χ2n) is 6.74. The molecular formula is C21H18N4O4. The Bertz CT molecular complexity index is 1180. The molecule has 1 aromatic carbocycles. The summed E-state index contributed by atoms with van der Waals surface area (Å²) < 4.78 is 22.0. The minimum atomic E-state index is 0.254. The minimum Gasteiger partial charge on any atom is -0.460 e. The van der Waals surface area contributed by atoms with Crippen LogP contribution < -0.4 is 14.8 Å². The molecule has 1 aliphatic rings. The van der Waals surface area contributed by atoms with E-state index in [4.69, 9.17) is 18.4 Å². The van der Waals surface area contributed by atoms with Crippen molar-refractivity contribution in [3.8, 4) is 34.3 Å². The highest BCUT2D eigenvalue weighted by atomic mass is 16.7. The molecule has 0 saturated heterocycles. The van der Waals surface area contributed by atoms with Crippen LogP contribution in [0.25, 0.3) is 22.8 Å². The SMILES string of the molecule is Cc1cc(-c2cnc(NCc3ccc4c(c3)OCO4)nc2-c2ccc(C)o2)on1. The average Bonchev–Trinajstić information content (AvgIpc) is 3.46. The third kappa shape index (κ3) is 3.40. The molecule has 0 aliphatic carbocycles. The third-order valence-corrected chi connectivity index (χ3v) is 4.54. The van der Waals surface area contributed by atoms with Crippen LogP contribution in [0.3, 0.4) is 0 Å². The number of aromatic nitrogens is 3. The second kappa shape index (κ2) is 6.97. The fourth-order valence-corrected chi connectivity index (χ4v) is 3.12. The monoisotopic (exact) mass is 390 g/mol. The Balaban J connectivity index is 1.45. The van der Waals surface area contributed by atoms with Gasteiger partial charge in [0.2, 0.25) is 12.7 Å². The summed E-state index contributed by atoms with van der Waals surface area (Å²) in [4.78, 5) is 9.11. The Hall–Kier alpha value is -3.81. The van der Waals surface area contributed by atoms with E-state index in [1.54, 1.807) is 6.20 Å². The normalized spacial score (nSPS) is 12.3. The van der Waals surface area contributed by atoms with Crippen molar-refractivity contribution in [1.29, 1.82) is 0 Å². The predicted molar refractivity (Wildman–Crippen MR) is 105 cm³/mol. The average molecular weight is 390 g/mol. The van der Waals surface area contributed by atoms with Crippen LogP contribution in [0, 0.1) is 13.8 Å². The van der Waals surface area contributed by atoms with Crippen molar-refractivity contribution in [2.24, 2.45) is 0 Å². The van der Waals surface area contributed by atoms with Gasteiger partial charge in [-0.1, -0.05) is 11.2 Å². The van der Waals surface area contributed by atoms with Crippen molar-refractivity contribution in [2.75, 3.05) is 12.1 Å². The molecule has 1 aliphatic heterocycles. The molecule has 0 unspecified atom stereocenters. The maximum atomic E-state index is 5.80. The number of hydrogen-bond donors (Lipinski definition) is 1. The lowest BCUT2D eigenvalue weighted by molar-refractivity contribution is 0.174. The molecule has 5 rings (SSSR count). The van der Waals surface area contributed by atoms with Gasteiger partial charge in [0.25, 0.3) is 0 Å². The second-order valence-corrected chi connectivity index (χ2v) is 6.74. The maximum Gasteiger partial charge on any atom is 0.231 e. The van der Waals surface area contributed by atoms with Crippen molar-refractivity contribution in [2.45, 2.75) is 20.4 Å². The summed E-state index contributed by atoms with van der Waals surface area (Å²) >= 11 is 0. The van der Waals surface area contributed by atoms with Gasteiger partial charge in [-0.25, -0.2) is 9.97 Å². The van der Waals surface area contributed by atoms with E-state index in [1.807, 2.05) is 50.2 Å². The van der Waals surface area contributed by atoms with Crippen LogP contribution in [-0.2, 0) is 6.54 Å². The van der Waals surface area contributed by atoms with Gasteiger partial charge in [0.05, 0.1) is 11.3 Å². The van der Waals surface area contributed by atoms with Crippen LogP contribution >= 0.6 is 0 Å². The molecule has 3 aromatic heterocycles. The highest BCUT2D eigenvalue weighted by Gasteiger charge is 2.18. The number of anilines is 1. The van der Waals surface area contributed by atoms with E-state index in [0.717, 1.165) is 28.5 Å². The summed E-state index contributed by atoms with van der Waals surface area (Å²) in [7, 11) is 0. The van der Waals surface area contributed by atoms with E-state index in [1.165, 1.54) is 0 Å². The van der Waals surface area contributed by atoms with Gasteiger partial charge < -0.3 is 23.7 Å². The van der Waals surface area contributed by atoms with E-state index < -0.39 is 0 Å². The molecule has 8 heteroatoms. The predicted octanol–water partition coefficient (Wildman–Crippen LogP) is 4.35. The zero-order valence-electron chi connectivity index (χ0n) is 15.9. The van der Waals surface area contributed by atoms with E-state index in [0.29, 0.717) is 35.3 Å². The fraction of sp³-hybridized carbons (Fsp3) is 0.190. The number of hydrogen-bond acceptors (Lipinski definition) is 8. The standard InChI is InChI=1S/C21H18N4O4/c1-12-7-18(29-25-12)15-10-23-21(24-20(15)17-5-3-13(2)28-17)22-9-14-4-6-16-19(8-14)27-11-26-16/h3-8,10H,9,11H2,1-2H3,(H,22,23,24). The van der Waals surface area contributed by atoms with Crippen LogP contribution in [0.2, 0.25) is 0 Å². The summed E-state index contributed by atoms with van der Waals surface area (Å²) in [6.45, 7) is 4.55. The van der Waals surface area contributed by atoms with Gasteiger partial charge in [0, 0.05) is 18.8 Å². The van der Waals surface area contributed by atoms with Gasteiger partial charge in [-0.05, 0) is 43.7 Å². The molecule has 1 N–H and O–H groups in total. The summed E-state index contributed by atoms with van der Waals surface area (Å²) in [5.74, 6) is 4.01.